The van der Waals surface area contributed by atoms with E-state index in [0.29, 0.717) is 6.54 Å². The number of nitrogens with one attached hydrogen (secondary N) is 1. The normalized spacial score (nSPS) is 12.8. The van der Waals surface area contributed by atoms with E-state index in [2.05, 4.69) is 22.5 Å². The van der Waals surface area contributed by atoms with Gasteiger partial charge in [0.2, 0.25) is 6.79 Å². The lowest BCUT2D eigenvalue weighted by Crippen LogP contribution is -2.04. The first-order valence-electron chi connectivity index (χ1n) is 8.15. The molecule has 0 unspecified atom stereocenters. The third-order valence-corrected chi connectivity index (χ3v) is 4.32. The number of anilines is 1. The molecule has 4 aromatic rings. The lowest BCUT2D eigenvalue weighted by atomic mass is 10.2. The zero-order valence-corrected chi connectivity index (χ0v) is 13.7. The summed E-state index contributed by atoms with van der Waals surface area (Å²) in [7, 11) is 0. The quantitative estimate of drug-likeness (QED) is 0.622. The van der Waals surface area contributed by atoms with Gasteiger partial charge in [-0.2, -0.15) is 5.10 Å². The first-order valence-corrected chi connectivity index (χ1v) is 8.15. The molecular formula is C19H16N4O2. The van der Waals surface area contributed by atoms with Crippen molar-refractivity contribution >= 4 is 22.4 Å². The summed E-state index contributed by atoms with van der Waals surface area (Å²) in [4.78, 5) is 4.75. The highest BCUT2D eigenvalue weighted by Crippen LogP contribution is 2.33. The standard InChI is InChI=1S/C19H16N4O2/c1-12-8-18-21-19(14-4-2-3-5-15(14)23(18)22-12)20-10-13-6-7-16-17(9-13)25-11-24-16/h2-9H,10-11H2,1H3,(H,20,21). The summed E-state index contributed by atoms with van der Waals surface area (Å²) < 4.78 is 12.7. The van der Waals surface area contributed by atoms with Gasteiger partial charge < -0.3 is 14.8 Å². The van der Waals surface area contributed by atoms with Gasteiger partial charge in [-0.1, -0.05) is 18.2 Å². The van der Waals surface area contributed by atoms with Crippen LogP contribution < -0.4 is 14.8 Å². The summed E-state index contributed by atoms with van der Waals surface area (Å²) >= 11 is 0. The Morgan fingerprint density at radius 3 is 2.92 bits per heavy atom. The summed E-state index contributed by atoms with van der Waals surface area (Å²) in [6.07, 6.45) is 0. The first-order chi connectivity index (χ1) is 12.3. The minimum atomic E-state index is 0.287. The number of hydrogen-bond acceptors (Lipinski definition) is 5. The molecule has 0 radical (unpaired) electrons. The third-order valence-electron chi connectivity index (χ3n) is 4.32. The molecule has 25 heavy (non-hydrogen) atoms. The van der Waals surface area contributed by atoms with Crippen molar-refractivity contribution in [3.63, 3.8) is 0 Å². The monoisotopic (exact) mass is 332 g/mol. The number of rotatable bonds is 3. The highest BCUT2D eigenvalue weighted by Gasteiger charge is 2.14. The van der Waals surface area contributed by atoms with Crippen LogP contribution in [0.25, 0.3) is 16.6 Å². The molecule has 0 amide bonds. The molecule has 5 rings (SSSR count). The molecule has 0 fully saturated rings. The molecule has 1 N–H and O–H groups in total. The van der Waals surface area contributed by atoms with Crippen molar-refractivity contribution in [3.05, 3.63) is 59.8 Å². The van der Waals surface area contributed by atoms with E-state index in [1.54, 1.807) is 0 Å². The van der Waals surface area contributed by atoms with Crippen molar-refractivity contribution in [1.82, 2.24) is 14.6 Å². The molecule has 0 bridgehead atoms. The predicted molar refractivity (Wildman–Crippen MR) is 95.1 cm³/mol. The Hall–Kier alpha value is -3.28. The van der Waals surface area contributed by atoms with Gasteiger partial charge in [-0.15, -0.1) is 0 Å². The molecule has 0 saturated carbocycles. The van der Waals surface area contributed by atoms with Crippen LogP contribution in [0.4, 0.5) is 5.82 Å². The SMILES string of the molecule is Cc1cc2nc(NCc3ccc4c(c3)OCO4)c3ccccc3n2n1. The molecule has 124 valence electrons. The number of nitrogens with zero attached hydrogens (tertiary/aromatic N) is 3. The first kappa shape index (κ1) is 14.1. The van der Waals surface area contributed by atoms with Gasteiger partial charge in [-0.05, 0) is 36.8 Å². The van der Waals surface area contributed by atoms with Gasteiger partial charge in [0.05, 0.1) is 11.2 Å². The second kappa shape index (κ2) is 5.37. The smallest absolute Gasteiger partial charge is 0.231 e. The van der Waals surface area contributed by atoms with Crippen molar-refractivity contribution in [1.29, 1.82) is 0 Å². The van der Waals surface area contributed by atoms with E-state index in [-0.39, 0.29) is 6.79 Å². The Labute approximate surface area is 144 Å². The molecule has 6 heteroatoms. The zero-order chi connectivity index (χ0) is 16.8. The van der Waals surface area contributed by atoms with Crippen molar-refractivity contribution in [2.24, 2.45) is 0 Å². The topological polar surface area (TPSA) is 60.7 Å². The van der Waals surface area contributed by atoms with E-state index in [4.69, 9.17) is 14.5 Å². The second-order valence-electron chi connectivity index (χ2n) is 6.07. The summed E-state index contributed by atoms with van der Waals surface area (Å²) in [5, 5.41) is 9.02. The van der Waals surface area contributed by atoms with E-state index >= 15 is 0 Å². The van der Waals surface area contributed by atoms with E-state index in [1.807, 2.05) is 47.8 Å². The highest BCUT2D eigenvalue weighted by molar-refractivity contribution is 5.91. The number of hydrogen-bond donors (Lipinski definition) is 1. The fourth-order valence-corrected chi connectivity index (χ4v) is 3.15. The number of aromatic nitrogens is 3. The van der Waals surface area contributed by atoms with Crippen LogP contribution in [0, 0.1) is 6.92 Å². The largest absolute Gasteiger partial charge is 0.454 e. The van der Waals surface area contributed by atoms with Crippen LogP contribution in [0.5, 0.6) is 11.5 Å². The number of para-hydroxylation sites is 1. The molecule has 2 aromatic heterocycles. The molecule has 0 spiro atoms. The Morgan fingerprint density at radius 2 is 1.96 bits per heavy atom. The fourth-order valence-electron chi connectivity index (χ4n) is 3.15. The Kier molecular flexibility index (Phi) is 3.03. The van der Waals surface area contributed by atoms with Gasteiger partial charge in [0.1, 0.15) is 5.82 Å². The summed E-state index contributed by atoms with van der Waals surface area (Å²) in [5.74, 6) is 2.43. The maximum atomic E-state index is 5.44. The van der Waals surface area contributed by atoms with Crippen molar-refractivity contribution in [2.45, 2.75) is 13.5 Å². The number of fused-ring (bicyclic) bond motifs is 4. The zero-order valence-electron chi connectivity index (χ0n) is 13.7. The van der Waals surface area contributed by atoms with E-state index in [0.717, 1.165) is 45.1 Å². The third kappa shape index (κ3) is 2.34. The van der Waals surface area contributed by atoms with Gasteiger partial charge in [0.25, 0.3) is 0 Å². The van der Waals surface area contributed by atoms with Gasteiger partial charge >= 0.3 is 0 Å². The van der Waals surface area contributed by atoms with Gasteiger partial charge in [0, 0.05) is 18.0 Å². The highest BCUT2D eigenvalue weighted by atomic mass is 16.7. The minimum Gasteiger partial charge on any atom is -0.454 e. The lowest BCUT2D eigenvalue weighted by Gasteiger charge is -2.10. The summed E-state index contributed by atoms with van der Waals surface area (Å²) in [5.41, 5.74) is 3.93. The van der Waals surface area contributed by atoms with Gasteiger partial charge in [-0.3, -0.25) is 0 Å². The fraction of sp³-hybridized carbons (Fsp3) is 0.158. The van der Waals surface area contributed by atoms with Crippen LogP contribution in [-0.2, 0) is 6.54 Å². The van der Waals surface area contributed by atoms with Gasteiger partial charge in [0.15, 0.2) is 17.1 Å². The molecule has 6 nitrogen and oxygen atoms in total. The van der Waals surface area contributed by atoms with Crippen LogP contribution in [-0.4, -0.2) is 21.4 Å². The number of ether oxygens (including phenoxy) is 2. The van der Waals surface area contributed by atoms with E-state index in [9.17, 15) is 0 Å². The second-order valence-corrected chi connectivity index (χ2v) is 6.07. The summed E-state index contributed by atoms with van der Waals surface area (Å²) in [6.45, 7) is 2.91. The van der Waals surface area contributed by atoms with Crippen molar-refractivity contribution in [2.75, 3.05) is 12.1 Å². The van der Waals surface area contributed by atoms with Crippen LogP contribution in [0.15, 0.2) is 48.5 Å². The molecule has 3 heterocycles. The van der Waals surface area contributed by atoms with Crippen LogP contribution in [0.2, 0.25) is 0 Å². The van der Waals surface area contributed by atoms with Gasteiger partial charge in [-0.25, -0.2) is 9.50 Å². The predicted octanol–water partition coefficient (Wildman–Crippen LogP) is 3.53. The Morgan fingerprint density at radius 1 is 1.08 bits per heavy atom. The molecule has 2 aromatic carbocycles. The lowest BCUT2D eigenvalue weighted by molar-refractivity contribution is 0.174. The average Bonchev–Trinajstić information content (AvgIpc) is 3.24. The molecule has 0 saturated heterocycles. The van der Waals surface area contributed by atoms with Crippen LogP contribution in [0.1, 0.15) is 11.3 Å². The average molecular weight is 332 g/mol. The summed E-state index contributed by atoms with van der Waals surface area (Å²) in [6, 6.07) is 16.1. The van der Waals surface area contributed by atoms with Crippen LogP contribution >= 0.6 is 0 Å². The van der Waals surface area contributed by atoms with Crippen LogP contribution in [0.3, 0.4) is 0 Å². The maximum absolute atomic E-state index is 5.44. The van der Waals surface area contributed by atoms with E-state index in [1.165, 1.54) is 0 Å². The minimum absolute atomic E-state index is 0.287. The molecule has 1 aliphatic rings. The van der Waals surface area contributed by atoms with E-state index < -0.39 is 0 Å². The van der Waals surface area contributed by atoms with Crippen molar-refractivity contribution < 1.29 is 9.47 Å². The Bertz CT molecular complexity index is 1100. The van der Waals surface area contributed by atoms with Crippen molar-refractivity contribution in [3.8, 4) is 11.5 Å². The number of aryl methyl sites for hydroxylation is 1. The Balaban J connectivity index is 1.53. The number of benzene rings is 2. The molecular weight excluding hydrogens is 316 g/mol. The molecule has 1 aliphatic heterocycles. The molecule has 0 atom stereocenters. The molecule has 0 aliphatic carbocycles. The maximum Gasteiger partial charge on any atom is 0.231 e.